The highest BCUT2D eigenvalue weighted by atomic mass is 16.5. The number of methoxy groups -OCH3 is 1. The number of ether oxygens (including phenoxy) is 1. The molecule has 0 rings (SSSR count). The van der Waals surface area contributed by atoms with Crippen LogP contribution in [0, 0.1) is 5.92 Å². The van der Waals surface area contributed by atoms with Gasteiger partial charge in [-0.3, -0.25) is 14.4 Å². The number of rotatable bonds is 7. The van der Waals surface area contributed by atoms with Crippen LogP contribution in [0.5, 0.6) is 0 Å². The van der Waals surface area contributed by atoms with Gasteiger partial charge in [0, 0.05) is 32.6 Å². The SMILES string of the molecule is COC(=O)C(C)CN(CCNC(C)=O)C(=O)C=C(C)C. The fraction of sp³-hybridized carbons (Fsp3) is 0.643. The molecule has 0 bridgehead atoms. The van der Waals surface area contributed by atoms with Gasteiger partial charge in [-0.1, -0.05) is 12.5 Å². The molecule has 114 valence electrons. The third-order valence-corrected chi connectivity index (χ3v) is 2.58. The van der Waals surface area contributed by atoms with Gasteiger partial charge in [-0.2, -0.15) is 0 Å². The summed E-state index contributed by atoms with van der Waals surface area (Å²) < 4.78 is 4.65. The van der Waals surface area contributed by atoms with Gasteiger partial charge in [0.25, 0.3) is 0 Å². The van der Waals surface area contributed by atoms with Crippen molar-refractivity contribution in [3.63, 3.8) is 0 Å². The predicted octanol–water partition coefficient (Wildman–Crippen LogP) is 0.726. The lowest BCUT2D eigenvalue weighted by molar-refractivity contribution is -0.146. The van der Waals surface area contributed by atoms with Gasteiger partial charge in [-0.15, -0.1) is 0 Å². The summed E-state index contributed by atoms with van der Waals surface area (Å²) in [6, 6.07) is 0. The molecule has 1 N–H and O–H groups in total. The van der Waals surface area contributed by atoms with Crippen LogP contribution in [0.2, 0.25) is 0 Å². The van der Waals surface area contributed by atoms with Crippen LogP contribution in [0.1, 0.15) is 27.7 Å². The Morgan fingerprint density at radius 2 is 1.85 bits per heavy atom. The van der Waals surface area contributed by atoms with Gasteiger partial charge in [0.1, 0.15) is 0 Å². The van der Waals surface area contributed by atoms with E-state index in [1.54, 1.807) is 6.92 Å². The van der Waals surface area contributed by atoms with E-state index in [0.29, 0.717) is 13.1 Å². The van der Waals surface area contributed by atoms with E-state index in [9.17, 15) is 14.4 Å². The zero-order chi connectivity index (χ0) is 15.7. The van der Waals surface area contributed by atoms with Gasteiger partial charge in [0.15, 0.2) is 0 Å². The average molecular weight is 284 g/mol. The van der Waals surface area contributed by atoms with Crippen LogP contribution in [0.25, 0.3) is 0 Å². The van der Waals surface area contributed by atoms with Crippen molar-refractivity contribution >= 4 is 17.8 Å². The van der Waals surface area contributed by atoms with Crippen molar-refractivity contribution in [1.29, 1.82) is 0 Å². The molecule has 0 radical (unpaired) electrons. The van der Waals surface area contributed by atoms with E-state index < -0.39 is 5.92 Å². The van der Waals surface area contributed by atoms with Crippen molar-refractivity contribution in [1.82, 2.24) is 10.2 Å². The molecule has 6 nitrogen and oxygen atoms in total. The highest BCUT2D eigenvalue weighted by Crippen LogP contribution is 2.04. The molecule has 0 aliphatic heterocycles. The molecule has 1 atom stereocenters. The maximum absolute atomic E-state index is 12.1. The topological polar surface area (TPSA) is 75.7 Å². The molecular weight excluding hydrogens is 260 g/mol. The third kappa shape index (κ3) is 7.56. The fourth-order valence-corrected chi connectivity index (χ4v) is 1.60. The molecule has 20 heavy (non-hydrogen) atoms. The summed E-state index contributed by atoms with van der Waals surface area (Å²) in [6.07, 6.45) is 1.51. The monoisotopic (exact) mass is 284 g/mol. The van der Waals surface area contributed by atoms with Gasteiger partial charge in [0.05, 0.1) is 13.0 Å². The van der Waals surface area contributed by atoms with E-state index in [2.05, 4.69) is 10.1 Å². The highest BCUT2D eigenvalue weighted by Gasteiger charge is 2.20. The number of carbonyl (C=O) groups excluding carboxylic acids is 3. The largest absolute Gasteiger partial charge is 0.469 e. The molecule has 0 saturated carbocycles. The number of hydrogen-bond acceptors (Lipinski definition) is 4. The normalized spacial score (nSPS) is 11.2. The van der Waals surface area contributed by atoms with Crippen LogP contribution >= 0.6 is 0 Å². The Bertz CT molecular complexity index is 387. The molecule has 1 unspecified atom stereocenters. The van der Waals surface area contributed by atoms with Crippen LogP contribution in [0.15, 0.2) is 11.6 Å². The van der Waals surface area contributed by atoms with E-state index in [0.717, 1.165) is 5.57 Å². The number of carbonyl (C=O) groups is 3. The maximum atomic E-state index is 12.1. The molecule has 0 spiro atoms. The fourth-order valence-electron chi connectivity index (χ4n) is 1.60. The Kier molecular flexibility index (Phi) is 8.27. The number of nitrogens with zero attached hydrogens (tertiary/aromatic N) is 1. The lowest BCUT2D eigenvalue weighted by Crippen LogP contribution is -2.41. The first-order valence-corrected chi connectivity index (χ1v) is 6.54. The van der Waals surface area contributed by atoms with E-state index in [-0.39, 0.29) is 24.3 Å². The summed E-state index contributed by atoms with van der Waals surface area (Å²) >= 11 is 0. The smallest absolute Gasteiger partial charge is 0.310 e. The van der Waals surface area contributed by atoms with Gasteiger partial charge >= 0.3 is 5.97 Å². The second-order valence-electron chi connectivity index (χ2n) is 4.91. The molecule has 0 heterocycles. The van der Waals surface area contributed by atoms with Crippen molar-refractivity contribution in [3.8, 4) is 0 Å². The van der Waals surface area contributed by atoms with Crippen molar-refractivity contribution in [2.24, 2.45) is 5.92 Å². The Morgan fingerprint density at radius 3 is 2.30 bits per heavy atom. The first-order valence-electron chi connectivity index (χ1n) is 6.54. The second-order valence-corrected chi connectivity index (χ2v) is 4.91. The first kappa shape index (κ1) is 18.1. The number of allylic oxidation sites excluding steroid dienone is 1. The first-order chi connectivity index (χ1) is 9.27. The summed E-state index contributed by atoms with van der Waals surface area (Å²) in [4.78, 5) is 35.9. The highest BCUT2D eigenvalue weighted by molar-refractivity contribution is 5.88. The lowest BCUT2D eigenvalue weighted by Gasteiger charge is -2.24. The summed E-state index contributed by atoms with van der Waals surface area (Å²) in [5.41, 5.74) is 0.880. The van der Waals surface area contributed by atoms with Crippen LogP contribution in [-0.2, 0) is 19.1 Å². The van der Waals surface area contributed by atoms with Gasteiger partial charge in [-0.25, -0.2) is 0 Å². The molecule has 0 aliphatic carbocycles. The lowest BCUT2D eigenvalue weighted by atomic mass is 10.1. The molecule has 0 aromatic rings. The van der Waals surface area contributed by atoms with Crippen LogP contribution in [-0.4, -0.2) is 49.4 Å². The minimum atomic E-state index is -0.410. The minimum absolute atomic E-state index is 0.152. The summed E-state index contributed by atoms with van der Waals surface area (Å²) in [7, 11) is 1.32. The number of hydrogen-bond donors (Lipinski definition) is 1. The van der Waals surface area contributed by atoms with Crippen molar-refractivity contribution < 1.29 is 19.1 Å². The van der Waals surface area contributed by atoms with Gasteiger partial charge in [0.2, 0.25) is 11.8 Å². The Balaban J connectivity index is 4.69. The van der Waals surface area contributed by atoms with E-state index >= 15 is 0 Å². The average Bonchev–Trinajstić information content (AvgIpc) is 2.34. The quantitative estimate of drug-likeness (QED) is 0.552. The molecule has 0 aromatic carbocycles. The molecule has 0 saturated heterocycles. The van der Waals surface area contributed by atoms with Crippen LogP contribution < -0.4 is 5.32 Å². The zero-order valence-corrected chi connectivity index (χ0v) is 12.9. The number of amides is 2. The van der Waals surface area contributed by atoms with Crippen LogP contribution in [0.3, 0.4) is 0 Å². The second kappa shape index (κ2) is 9.12. The zero-order valence-electron chi connectivity index (χ0n) is 12.9. The van der Waals surface area contributed by atoms with Crippen molar-refractivity contribution in [3.05, 3.63) is 11.6 Å². The molecular formula is C14H24N2O4. The predicted molar refractivity (Wildman–Crippen MR) is 75.9 cm³/mol. The Hall–Kier alpha value is -1.85. The maximum Gasteiger partial charge on any atom is 0.310 e. The Labute approximate surface area is 120 Å². The third-order valence-electron chi connectivity index (χ3n) is 2.58. The Morgan fingerprint density at radius 1 is 1.25 bits per heavy atom. The molecule has 6 heteroatoms. The van der Waals surface area contributed by atoms with Crippen molar-refractivity contribution in [2.45, 2.75) is 27.7 Å². The van der Waals surface area contributed by atoms with Crippen LogP contribution in [0.4, 0.5) is 0 Å². The molecule has 2 amide bonds. The summed E-state index contributed by atoms with van der Waals surface area (Å²) in [6.45, 7) is 7.73. The van der Waals surface area contributed by atoms with E-state index in [4.69, 9.17) is 0 Å². The minimum Gasteiger partial charge on any atom is -0.469 e. The molecule has 0 aliphatic rings. The van der Waals surface area contributed by atoms with Gasteiger partial charge in [-0.05, 0) is 13.8 Å². The number of nitrogens with one attached hydrogen (secondary N) is 1. The summed E-state index contributed by atoms with van der Waals surface area (Å²) in [5.74, 6) is -1.10. The van der Waals surface area contributed by atoms with Gasteiger partial charge < -0.3 is 15.0 Å². The molecule has 0 fully saturated rings. The number of esters is 1. The standard InChI is InChI=1S/C14H24N2O4/c1-10(2)8-13(18)16(7-6-15-12(4)17)9-11(3)14(19)20-5/h8,11H,6-7,9H2,1-5H3,(H,15,17). The van der Waals surface area contributed by atoms with E-state index in [1.807, 2.05) is 13.8 Å². The summed E-state index contributed by atoms with van der Waals surface area (Å²) in [5, 5.41) is 2.63. The molecule has 0 aromatic heterocycles. The van der Waals surface area contributed by atoms with Crippen molar-refractivity contribution in [2.75, 3.05) is 26.7 Å². The van der Waals surface area contributed by atoms with E-state index in [1.165, 1.54) is 25.0 Å².